The number of hydrogen-bond acceptors (Lipinski definition) is 4. The normalized spacial score (nSPS) is 16.9. The first-order valence-electron chi connectivity index (χ1n) is 9.08. The fourth-order valence-corrected chi connectivity index (χ4v) is 4.30. The van der Waals surface area contributed by atoms with Gasteiger partial charge in [0.15, 0.2) is 0 Å². The Morgan fingerprint density at radius 1 is 1.26 bits per heavy atom. The van der Waals surface area contributed by atoms with E-state index in [1.54, 1.807) is 16.2 Å². The van der Waals surface area contributed by atoms with Crippen LogP contribution in [0.5, 0.6) is 0 Å². The summed E-state index contributed by atoms with van der Waals surface area (Å²) in [6.07, 6.45) is 1.09. The lowest BCUT2D eigenvalue weighted by Gasteiger charge is -2.16. The molecule has 1 aromatic heterocycles. The predicted molar refractivity (Wildman–Crippen MR) is 108 cm³/mol. The van der Waals surface area contributed by atoms with Gasteiger partial charge in [-0.3, -0.25) is 9.59 Å². The molecule has 1 fully saturated rings. The van der Waals surface area contributed by atoms with Gasteiger partial charge in [-0.2, -0.15) is 0 Å². The average Bonchev–Trinajstić information content (AvgIpc) is 3.22. The van der Waals surface area contributed by atoms with Crippen LogP contribution in [-0.4, -0.2) is 34.8 Å². The zero-order valence-corrected chi connectivity index (χ0v) is 16.0. The van der Waals surface area contributed by atoms with Crippen LogP contribution in [0.3, 0.4) is 0 Å². The SMILES string of the molecule is Cc1nc2ccc(NC(=O)[C@H]3CC(=O)N(CCc4ccccc4)C3)cc2s1. The number of aryl methyl sites for hydroxylation is 1. The van der Waals surface area contributed by atoms with Gasteiger partial charge >= 0.3 is 0 Å². The fraction of sp³-hybridized carbons (Fsp3) is 0.286. The summed E-state index contributed by atoms with van der Waals surface area (Å²) in [5.74, 6) is -0.335. The molecule has 1 aliphatic rings. The van der Waals surface area contributed by atoms with Gasteiger partial charge in [0.1, 0.15) is 0 Å². The van der Waals surface area contributed by atoms with E-state index in [-0.39, 0.29) is 24.2 Å². The second kappa shape index (κ2) is 7.48. The highest BCUT2D eigenvalue weighted by Gasteiger charge is 2.34. The van der Waals surface area contributed by atoms with Gasteiger partial charge in [0.2, 0.25) is 11.8 Å². The van der Waals surface area contributed by atoms with Crippen molar-refractivity contribution in [1.82, 2.24) is 9.88 Å². The summed E-state index contributed by atoms with van der Waals surface area (Å²) in [6.45, 7) is 3.11. The number of benzene rings is 2. The van der Waals surface area contributed by atoms with Crippen LogP contribution in [0.1, 0.15) is 17.0 Å². The molecular formula is C21H21N3O2S. The number of amides is 2. The van der Waals surface area contributed by atoms with Crippen molar-refractivity contribution in [1.29, 1.82) is 0 Å². The number of nitrogens with zero attached hydrogens (tertiary/aromatic N) is 2. The Kier molecular flexibility index (Phi) is 4.90. The summed E-state index contributed by atoms with van der Waals surface area (Å²) in [7, 11) is 0. The van der Waals surface area contributed by atoms with E-state index in [0.29, 0.717) is 13.1 Å². The summed E-state index contributed by atoms with van der Waals surface area (Å²) in [4.78, 5) is 31.1. The Balaban J connectivity index is 1.36. The van der Waals surface area contributed by atoms with Gasteiger partial charge in [0.25, 0.3) is 0 Å². The van der Waals surface area contributed by atoms with Crippen LogP contribution in [0.25, 0.3) is 10.2 Å². The lowest BCUT2D eigenvalue weighted by molar-refractivity contribution is -0.128. The van der Waals surface area contributed by atoms with E-state index in [2.05, 4.69) is 22.4 Å². The molecule has 0 aliphatic carbocycles. The number of rotatable bonds is 5. The molecule has 138 valence electrons. The molecule has 0 bridgehead atoms. The van der Waals surface area contributed by atoms with Gasteiger partial charge in [-0.25, -0.2) is 4.98 Å². The van der Waals surface area contributed by atoms with E-state index in [4.69, 9.17) is 0 Å². The van der Waals surface area contributed by atoms with Crippen molar-refractivity contribution in [3.63, 3.8) is 0 Å². The number of carbonyl (C=O) groups is 2. The highest BCUT2D eigenvalue weighted by molar-refractivity contribution is 7.18. The third kappa shape index (κ3) is 4.01. The minimum absolute atomic E-state index is 0.0552. The summed E-state index contributed by atoms with van der Waals surface area (Å²) < 4.78 is 1.05. The number of aromatic nitrogens is 1. The van der Waals surface area contributed by atoms with E-state index in [1.165, 1.54) is 5.56 Å². The number of thiazole rings is 1. The number of nitrogens with one attached hydrogen (secondary N) is 1. The van der Waals surface area contributed by atoms with E-state index in [0.717, 1.165) is 27.3 Å². The monoisotopic (exact) mass is 379 g/mol. The molecule has 1 atom stereocenters. The molecule has 4 rings (SSSR count). The van der Waals surface area contributed by atoms with Gasteiger partial charge in [-0.15, -0.1) is 11.3 Å². The van der Waals surface area contributed by atoms with Crippen molar-refractivity contribution in [3.05, 3.63) is 59.1 Å². The van der Waals surface area contributed by atoms with Crippen molar-refractivity contribution in [2.45, 2.75) is 19.8 Å². The molecule has 5 nitrogen and oxygen atoms in total. The zero-order chi connectivity index (χ0) is 18.8. The van der Waals surface area contributed by atoms with E-state index in [1.807, 2.05) is 43.3 Å². The maximum atomic E-state index is 12.6. The number of likely N-dealkylation sites (tertiary alicyclic amines) is 1. The Hall–Kier alpha value is -2.73. The highest BCUT2D eigenvalue weighted by atomic mass is 32.1. The van der Waals surface area contributed by atoms with E-state index >= 15 is 0 Å². The Bertz CT molecular complexity index is 984. The van der Waals surface area contributed by atoms with Gasteiger partial charge < -0.3 is 10.2 Å². The topological polar surface area (TPSA) is 62.3 Å². The van der Waals surface area contributed by atoms with Crippen molar-refractivity contribution in [3.8, 4) is 0 Å². The minimum atomic E-state index is -0.299. The van der Waals surface area contributed by atoms with Crippen LogP contribution >= 0.6 is 11.3 Å². The molecule has 2 amide bonds. The van der Waals surface area contributed by atoms with Gasteiger partial charge in [-0.05, 0) is 37.1 Å². The van der Waals surface area contributed by atoms with E-state index < -0.39 is 0 Å². The van der Waals surface area contributed by atoms with Crippen LogP contribution in [-0.2, 0) is 16.0 Å². The molecule has 1 saturated heterocycles. The van der Waals surface area contributed by atoms with Gasteiger partial charge in [0, 0.05) is 25.2 Å². The fourth-order valence-electron chi connectivity index (χ4n) is 3.43. The third-order valence-electron chi connectivity index (χ3n) is 4.86. The summed E-state index contributed by atoms with van der Waals surface area (Å²) in [5, 5.41) is 3.96. The molecular weight excluding hydrogens is 358 g/mol. The van der Waals surface area contributed by atoms with Crippen LogP contribution in [0.4, 0.5) is 5.69 Å². The molecule has 0 saturated carbocycles. The molecule has 3 aromatic rings. The maximum Gasteiger partial charge on any atom is 0.229 e. The summed E-state index contributed by atoms with van der Waals surface area (Å²) in [6, 6.07) is 15.8. The molecule has 1 aliphatic heterocycles. The van der Waals surface area contributed by atoms with Gasteiger partial charge in [-0.1, -0.05) is 30.3 Å². The quantitative estimate of drug-likeness (QED) is 0.736. The molecule has 0 radical (unpaired) electrons. The van der Waals surface area contributed by atoms with Crippen LogP contribution in [0, 0.1) is 12.8 Å². The van der Waals surface area contributed by atoms with Crippen LogP contribution in [0.2, 0.25) is 0 Å². The van der Waals surface area contributed by atoms with Crippen molar-refractivity contribution in [2.75, 3.05) is 18.4 Å². The average molecular weight is 379 g/mol. The predicted octanol–water partition coefficient (Wildman–Crippen LogP) is 3.63. The zero-order valence-electron chi connectivity index (χ0n) is 15.1. The lowest BCUT2D eigenvalue weighted by Crippen LogP contribution is -2.30. The Labute approximate surface area is 162 Å². The number of carbonyl (C=O) groups excluding carboxylic acids is 2. The molecule has 6 heteroatoms. The molecule has 1 N–H and O–H groups in total. The lowest BCUT2D eigenvalue weighted by atomic mass is 10.1. The minimum Gasteiger partial charge on any atom is -0.342 e. The summed E-state index contributed by atoms with van der Waals surface area (Å²) in [5.41, 5.74) is 2.90. The highest BCUT2D eigenvalue weighted by Crippen LogP contribution is 2.26. The smallest absolute Gasteiger partial charge is 0.229 e. The Morgan fingerprint density at radius 3 is 2.89 bits per heavy atom. The Morgan fingerprint density at radius 2 is 2.07 bits per heavy atom. The molecule has 2 aromatic carbocycles. The van der Waals surface area contributed by atoms with E-state index in [9.17, 15) is 9.59 Å². The van der Waals surface area contributed by atoms with Crippen molar-refractivity contribution < 1.29 is 9.59 Å². The second-order valence-corrected chi connectivity index (χ2v) is 8.12. The summed E-state index contributed by atoms with van der Waals surface area (Å²) >= 11 is 1.61. The first-order chi connectivity index (χ1) is 13.1. The second-order valence-electron chi connectivity index (χ2n) is 6.88. The maximum absolute atomic E-state index is 12.6. The molecule has 27 heavy (non-hydrogen) atoms. The van der Waals surface area contributed by atoms with Crippen molar-refractivity contribution in [2.24, 2.45) is 5.92 Å². The first-order valence-corrected chi connectivity index (χ1v) is 9.90. The van der Waals surface area contributed by atoms with Crippen molar-refractivity contribution >= 4 is 39.1 Å². The largest absolute Gasteiger partial charge is 0.342 e. The number of hydrogen-bond donors (Lipinski definition) is 1. The first kappa shape index (κ1) is 17.7. The van der Waals surface area contributed by atoms with Crippen LogP contribution < -0.4 is 5.32 Å². The number of fused-ring (bicyclic) bond motifs is 1. The molecule has 0 spiro atoms. The third-order valence-corrected chi connectivity index (χ3v) is 5.80. The van der Waals surface area contributed by atoms with Crippen LogP contribution in [0.15, 0.2) is 48.5 Å². The molecule has 2 heterocycles. The van der Waals surface area contributed by atoms with Gasteiger partial charge in [0.05, 0.1) is 21.1 Å². The number of anilines is 1. The molecule has 0 unspecified atom stereocenters. The standard InChI is InChI=1S/C21H21N3O2S/c1-14-22-18-8-7-17(12-19(18)27-14)23-21(26)16-11-20(25)24(13-16)10-9-15-5-3-2-4-6-15/h2-8,12,16H,9-11,13H2,1H3,(H,23,26)/t16-/m0/s1.